The van der Waals surface area contributed by atoms with Gasteiger partial charge in [-0.25, -0.2) is 4.98 Å². The third-order valence-electron chi connectivity index (χ3n) is 5.53. The van der Waals surface area contributed by atoms with Crippen molar-refractivity contribution < 1.29 is 0 Å². The van der Waals surface area contributed by atoms with E-state index in [0.717, 1.165) is 53.8 Å². The van der Waals surface area contributed by atoms with E-state index in [4.69, 9.17) is 5.73 Å². The molecular formula is C21H22N6O. The van der Waals surface area contributed by atoms with E-state index in [1.165, 1.54) is 0 Å². The maximum atomic E-state index is 12.8. The van der Waals surface area contributed by atoms with Gasteiger partial charge in [-0.15, -0.1) is 0 Å². The van der Waals surface area contributed by atoms with Crippen LogP contribution in [0.1, 0.15) is 0 Å². The van der Waals surface area contributed by atoms with E-state index in [9.17, 15) is 4.79 Å². The highest BCUT2D eigenvalue weighted by atomic mass is 16.1. The number of aromatic nitrogens is 3. The van der Waals surface area contributed by atoms with Gasteiger partial charge in [-0.1, -0.05) is 18.2 Å². The van der Waals surface area contributed by atoms with E-state index >= 15 is 0 Å². The molecule has 0 unspecified atom stereocenters. The lowest BCUT2D eigenvalue weighted by Crippen LogP contribution is -2.44. The monoisotopic (exact) mass is 374 g/mol. The van der Waals surface area contributed by atoms with Gasteiger partial charge in [0, 0.05) is 42.8 Å². The molecule has 0 radical (unpaired) electrons. The van der Waals surface area contributed by atoms with Crippen LogP contribution in [0.4, 0.5) is 11.4 Å². The zero-order valence-electron chi connectivity index (χ0n) is 15.7. The first-order chi connectivity index (χ1) is 13.6. The minimum Gasteiger partial charge on any atom is -0.396 e. The normalized spacial score (nSPS) is 15.5. The average Bonchev–Trinajstić information content (AvgIpc) is 3.04. The summed E-state index contributed by atoms with van der Waals surface area (Å²) in [4.78, 5) is 28.3. The summed E-state index contributed by atoms with van der Waals surface area (Å²) >= 11 is 0. The molecule has 5 rings (SSSR count). The number of likely N-dealkylation sites (N-methyl/N-ethyl adjacent to an activating group) is 1. The number of piperazine rings is 1. The number of benzene rings is 2. The van der Waals surface area contributed by atoms with Crippen molar-refractivity contribution in [2.75, 3.05) is 43.9 Å². The summed E-state index contributed by atoms with van der Waals surface area (Å²) < 4.78 is 0. The first-order valence-electron chi connectivity index (χ1n) is 9.44. The Labute approximate surface area is 161 Å². The molecule has 1 fully saturated rings. The van der Waals surface area contributed by atoms with Crippen molar-refractivity contribution in [3.63, 3.8) is 0 Å². The number of H-pyrrole nitrogens is 2. The van der Waals surface area contributed by atoms with Crippen LogP contribution in [0.25, 0.3) is 33.3 Å². The van der Waals surface area contributed by atoms with E-state index in [2.05, 4.69) is 37.9 Å². The molecule has 2 aromatic carbocycles. The molecule has 0 spiro atoms. The molecule has 7 nitrogen and oxygen atoms in total. The van der Waals surface area contributed by atoms with E-state index in [1.54, 1.807) is 0 Å². The minimum atomic E-state index is -0.249. The molecule has 1 saturated heterocycles. The zero-order chi connectivity index (χ0) is 19.3. The van der Waals surface area contributed by atoms with E-state index < -0.39 is 0 Å². The second-order valence-corrected chi connectivity index (χ2v) is 7.37. The molecule has 3 heterocycles. The largest absolute Gasteiger partial charge is 0.396 e. The first kappa shape index (κ1) is 16.8. The Morgan fingerprint density at radius 3 is 2.57 bits per heavy atom. The van der Waals surface area contributed by atoms with Gasteiger partial charge in [0.25, 0.3) is 5.56 Å². The summed E-state index contributed by atoms with van der Waals surface area (Å²) in [6, 6.07) is 13.8. The minimum absolute atomic E-state index is 0.249. The van der Waals surface area contributed by atoms with Crippen molar-refractivity contribution in [1.29, 1.82) is 0 Å². The summed E-state index contributed by atoms with van der Waals surface area (Å²) in [5, 5.41) is 0.893. The molecule has 1 aliphatic rings. The topological polar surface area (TPSA) is 94.0 Å². The predicted molar refractivity (Wildman–Crippen MR) is 114 cm³/mol. The fourth-order valence-electron chi connectivity index (χ4n) is 3.86. The number of nitrogens with one attached hydrogen (secondary N) is 2. The van der Waals surface area contributed by atoms with Crippen LogP contribution in [-0.4, -0.2) is 53.1 Å². The highest BCUT2D eigenvalue weighted by molar-refractivity contribution is 5.99. The van der Waals surface area contributed by atoms with Crippen molar-refractivity contribution >= 4 is 33.3 Å². The molecule has 0 amide bonds. The van der Waals surface area contributed by atoms with Gasteiger partial charge in [-0.05, 0) is 31.3 Å². The van der Waals surface area contributed by atoms with Gasteiger partial charge in [-0.2, -0.15) is 0 Å². The average molecular weight is 374 g/mol. The van der Waals surface area contributed by atoms with Crippen LogP contribution in [0.15, 0.2) is 47.3 Å². The number of anilines is 2. The number of para-hydroxylation sites is 1. The number of hydrogen-bond donors (Lipinski definition) is 3. The Balaban J connectivity index is 1.58. The number of fused-ring (bicyclic) bond motifs is 2. The van der Waals surface area contributed by atoms with Crippen LogP contribution in [0.5, 0.6) is 0 Å². The third kappa shape index (κ3) is 2.71. The lowest BCUT2D eigenvalue weighted by Gasteiger charge is -2.34. The van der Waals surface area contributed by atoms with E-state index in [1.807, 2.05) is 36.4 Å². The zero-order valence-corrected chi connectivity index (χ0v) is 15.7. The van der Waals surface area contributed by atoms with E-state index in [0.29, 0.717) is 17.1 Å². The molecule has 0 aliphatic carbocycles. The summed E-state index contributed by atoms with van der Waals surface area (Å²) in [5.74, 6) is 0. The number of rotatable bonds is 2. The van der Waals surface area contributed by atoms with Crippen molar-refractivity contribution in [3.8, 4) is 11.4 Å². The van der Waals surface area contributed by atoms with Crippen molar-refractivity contribution in [1.82, 2.24) is 19.9 Å². The smallest absolute Gasteiger partial charge is 0.276 e. The van der Waals surface area contributed by atoms with Crippen LogP contribution in [0, 0.1) is 0 Å². The van der Waals surface area contributed by atoms with Gasteiger partial charge < -0.3 is 25.5 Å². The van der Waals surface area contributed by atoms with Crippen LogP contribution >= 0.6 is 0 Å². The SMILES string of the molecule is CN1CCN(c2ccc3nc(-c4[nH]c5ccccc5c4N)c(=O)[nH]c3c2)CC1. The summed E-state index contributed by atoms with van der Waals surface area (Å²) in [5.41, 5.74) is 10.9. The highest BCUT2D eigenvalue weighted by Crippen LogP contribution is 2.30. The van der Waals surface area contributed by atoms with E-state index in [-0.39, 0.29) is 5.56 Å². The van der Waals surface area contributed by atoms with Crippen LogP contribution in [0.3, 0.4) is 0 Å². The van der Waals surface area contributed by atoms with Crippen LogP contribution < -0.4 is 16.2 Å². The molecule has 2 aromatic heterocycles. The highest BCUT2D eigenvalue weighted by Gasteiger charge is 2.17. The number of hydrogen-bond acceptors (Lipinski definition) is 5. The van der Waals surface area contributed by atoms with Crippen molar-refractivity contribution in [2.24, 2.45) is 0 Å². The molecule has 0 saturated carbocycles. The standard InChI is InChI=1S/C21H22N6O/c1-26-8-10-27(11-9-26)13-6-7-16-17(12-13)25-21(28)20(24-16)19-18(22)14-4-2-3-5-15(14)23-19/h2-7,12,23H,8-11,22H2,1H3,(H,25,28). The number of aromatic amines is 2. The third-order valence-corrected chi connectivity index (χ3v) is 5.53. The Kier molecular flexibility index (Phi) is 3.84. The molecule has 0 atom stereocenters. The molecular weight excluding hydrogens is 352 g/mol. The molecule has 142 valence electrons. The molecule has 0 bridgehead atoms. The second-order valence-electron chi connectivity index (χ2n) is 7.37. The molecule has 4 N–H and O–H groups in total. The second kappa shape index (κ2) is 6.38. The van der Waals surface area contributed by atoms with Crippen molar-refractivity contribution in [2.45, 2.75) is 0 Å². The molecule has 7 heteroatoms. The Hall–Kier alpha value is -3.32. The summed E-state index contributed by atoms with van der Waals surface area (Å²) in [6.07, 6.45) is 0. The molecule has 4 aromatic rings. The summed E-state index contributed by atoms with van der Waals surface area (Å²) in [7, 11) is 2.14. The maximum absolute atomic E-state index is 12.8. The number of nitrogens with two attached hydrogens (primary N) is 1. The van der Waals surface area contributed by atoms with Gasteiger partial charge in [0.15, 0.2) is 5.69 Å². The lowest BCUT2D eigenvalue weighted by molar-refractivity contribution is 0.313. The Morgan fingerprint density at radius 1 is 1.00 bits per heavy atom. The first-order valence-corrected chi connectivity index (χ1v) is 9.44. The predicted octanol–water partition coefficient (Wildman–Crippen LogP) is 2.41. The number of nitrogens with zero attached hydrogens (tertiary/aromatic N) is 3. The Morgan fingerprint density at radius 2 is 1.79 bits per heavy atom. The van der Waals surface area contributed by atoms with Gasteiger partial charge >= 0.3 is 0 Å². The van der Waals surface area contributed by atoms with Gasteiger partial charge in [0.05, 0.1) is 22.4 Å². The van der Waals surface area contributed by atoms with Gasteiger partial charge in [0.1, 0.15) is 0 Å². The lowest BCUT2D eigenvalue weighted by atomic mass is 10.2. The molecule has 28 heavy (non-hydrogen) atoms. The van der Waals surface area contributed by atoms with Gasteiger partial charge in [-0.3, -0.25) is 4.79 Å². The van der Waals surface area contributed by atoms with Gasteiger partial charge in [0.2, 0.25) is 0 Å². The molecule has 1 aliphatic heterocycles. The summed E-state index contributed by atoms with van der Waals surface area (Å²) in [6.45, 7) is 4.02. The quantitative estimate of drug-likeness (QED) is 0.501. The van der Waals surface area contributed by atoms with Crippen LogP contribution in [0.2, 0.25) is 0 Å². The Bertz CT molecular complexity index is 1230. The van der Waals surface area contributed by atoms with Crippen LogP contribution in [-0.2, 0) is 0 Å². The fourth-order valence-corrected chi connectivity index (χ4v) is 3.86. The fraction of sp³-hybridized carbons (Fsp3) is 0.238. The van der Waals surface area contributed by atoms with Crippen molar-refractivity contribution in [3.05, 3.63) is 52.8 Å². The maximum Gasteiger partial charge on any atom is 0.276 e. The number of nitrogen functional groups attached to an aromatic ring is 1.